The topological polar surface area (TPSA) is 121 Å². The Morgan fingerprint density at radius 1 is 1.35 bits per heavy atom. The standard InChI is InChI=1S/C20H24FN5O4S/c1-20(10-29-2)9-26-18(30-20)15(8-23-26)31(22,28)25-19(27)24-17-13-5-3-4-11(13)16(21)12-6-7-14(12)17/h8H,3-7,9-10H2,1-2H3,(H3,22,24,25,27,28)/t20-,31?/m1/s1. The van der Waals surface area contributed by atoms with Crippen LogP contribution in [-0.2, 0) is 46.9 Å². The summed E-state index contributed by atoms with van der Waals surface area (Å²) >= 11 is 0. The maximum absolute atomic E-state index is 14.6. The summed E-state index contributed by atoms with van der Waals surface area (Å²) in [5, 5.41) is 12.9. The van der Waals surface area contributed by atoms with E-state index in [0.29, 0.717) is 55.6 Å². The number of carbonyl (C=O) groups is 1. The lowest BCUT2D eigenvalue weighted by Gasteiger charge is -2.26. The number of carbonyl (C=O) groups excluding carboxylic acids is 1. The summed E-state index contributed by atoms with van der Waals surface area (Å²) in [5.41, 5.74) is 2.86. The zero-order valence-corrected chi connectivity index (χ0v) is 18.2. The van der Waals surface area contributed by atoms with Crippen LogP contribution in [0.1, 0.15) is 35.6 Å². The molecule has 1 aliphatic heterocycles. The molecule has 11 heteroatoms. The van der Waals surface area contributed by atoms with Crippen LogP contribution >= 0.6 is 0 Å². The van der Waals surface area contributed by atoms with Crippen molar-refractivity contribution in [3.63, 3.8) is 0 Å². The van der Waals surface area contributed by atoms with E-state index in [2.05, 4.69) is 14.8 Å². The number of rotatable bonds is 4. The molecule has 0 spiro atoms. The van der Waals surface area contributed by atoms with Crippen LogP contribution in [-0.4, -0.2) is 39.3 Å². The number of nitrogens with two attached hydrogens (primary N) is 1. The Hall–Kier alpha value is -2.50. The molecule has 2 atom stereocenters. The third-order valence-corrected chi connectivity index (χ3v) is 7.49. The van der Waals surface area contributed by atoms with Crippen LogP contribution in [0.15, 0.2) is 15.5 Å². The van der Waals surface area contributed by atoms with E-state index < -0.39 is 21.5 Å². The van der Waals surface area contributed by atoms with Crippen LogP contribution in [0.25, 0.3) is 0 Å². The van der Waals surface area contributed by atoms with Crippen molar-refractivity contribution in [1.29, 1.82) is 0 Å². The second kappa shape index (κ2) is 7.01. The molecule has 1 aromatic carbocycles. The van der Waals surface area contributed by atoms with E-state index in [1.54, 1.807) is 7.11 Å². The van der Waals surface area contributed by atoms with Gasteiger partial charge in [0.25, 0.3) is 0 Å². The summed E-state index contributed by atoms with van der Waals surface area (Å²) in [6.07, 6.45) is 4.84. The first-order valence-electron chi connectivity index (χ1n) is 10.2. The summed E-state index contributed by atoms with van der Waals surface area (Å²) in [6, 6.07) is -0.833. The zero-order chi connectivity index (χ0) is 22.0. The van der Waals surface area contributed by atoms with E-state index in [9.17, 15) is 13.4 Å². The Bertz CT molecular complexity index is 1230. The Morgan fingerprint density at radius 3 is 2.74 bits per heavy atom. The molecule has 0 saturated carbocycles. The average Bonchev–Trinajstić information content (AvgIpc) is 3.32. The van der Waals surface area contributed by atoms with Gasteiger partial charge in [-0.15, -0.1) is 4.36 Å². The SMILES string of the molecule is COC[C@@]1(C)Cn2ncc(S(N)(=O)=NC(=O)Nc3c4c(c(F)c5c3CC5)CCC4)c2O1. The quantitative estimate of drug-likeness (QED) is 0.742. The van der Waals surface area contributed by atoms with Crippen LogP contribution in [0.5, 0.6) is 5.88 Å². The maximum atomic E-state index is 14.6. The summed E-state index contributed by atoms with van der Waals surface area (Å²) in [5.74, 6) is 0.0772. The first-order valence-corrected chi connectivity index (χ1v) is 11.7. The molecule has 2 aromatic rings. The van der Waals surface area contributed by atoms with Gasteiger partial charge in [-0.25, -0.2) is 23.2 Å². The van der Waals surface area contributed by atoms with E-state index in [1.165, 1.54) is 10.9 Å². The van der Waals surface area contributed by atoms with Crippen molar-refractivity contribution >= 4 is 21.6 Å². The molecule has 2 amide bonds. The molecule has 31 heavy (non-hydrogen) atoms. The number of nitrogens with zero attached hydrogens (tertiary/aromatic N) is 3. The molecule has 3 N–H and O–H groups in total. The van der Waals surface area contributed by atoms with E-state index in [0.717, 1.165) is 17.5 Å². The van der Waals surface area contributed by atoms with Gasteiger partial charge in [-0.3, -0.25) is 0 Å². The molecular weight excluding hydrogens is 425 g/mol. The van der Waals surface area contributed by atoms with Crippen molar-refractivity contribution in [1.82, 2.24) is 9.78 Å². The first kappa shape index (κ1) is 20.4. The molecule has 166 valence electrons. The highest BCUT2D eigenvalue weighted by molar-refractivity contribution is 7.91. The number of amides is 2. The number of hydrogen-bond acceptors (Lipinski definition) is 5. The van der Waals surface area contributed by atoms with Gasteiger partial charge in [0.1, 0.15) is 10.7 Å². The lowest BCUT2D eigenvalue weighted by molar-refractivity contribution is 0.0165. The minimum Gasteiger partial charge on any atom is -0.466 e. The third-order valence-electron chi connectivity index (χ3n) is 6.14. The molecule has 5 rings (SSSR count). The highest BCUT2D eigenvalue weighted by Gasteiger charge is 2.39. The second-order valence-corrected chi connectivity index (χ2v) is 10.3. The second-order valence-electron chi connectivity index (χ2n) is 8.50. The minimum atomic E-state index is -3.61. The van der Waals surface area contributed by atoms with E-state index >= 15 is 0 Å². The number of benzene rings is 1. The number of methoxy groups -OCH3 is 1. The largest absolute Gasteiger partial charge is 0.466 e. The number of aromatic nitrogens is 2. The molecule has 9 nitrogen and oxygen atoms in total. The van der Waals surface area contributed by atoms with Crippen LogP contribution in [0.3, 0.4) is 0 Å². The Kier molecular flexibility index (Phi) is 4.61. The van der Waals surface area contributed by atoms with Gasteiger partial charge in [-0.2, -0.15) is 5.10 Å². The van der Waals surface area contributed by atoms with Crippen molar-refractivity contribution < 1.29 is 22.9 Å². The predicted octanol–water partition coefficient (Wildman–Crippen LogP) is 2.34. The monoisotopic (exact) mass is 449 g/mol. The number of urea groups is 1. The van der Waals surface area contributed by atoms with Gasteiger partial charge in [-0.1, -0.05) is 0 Å². The zero-order valence-electron chi connectivity index (χ0n) is 17.4. The molecule has 0 radical (unpaired) electrons. The Morgan fingerprint density at radius 2 is 2.03 bits per heavy atom. The summed E-state index contributed by atoms with van der Waals surface area (Å²) < 4.78 is 44.1. The lowest BCUT2D eigenvalue weighted by atomic mass is 9.83. The summed E-state index contributed by atoms with van der Waals surface area (Å²) in [4.78, 5) is 12.8. The third kappa shape index (κ3) is 3.22. The molecule has 1 unspecified atom stereocenters. The molecular formula is C20H24FN5O4S. The van der Waals surface area contributed by atoms with E-state index in [-0.39, 0.29) is 16.6 Å². The number of halogens is 1. The van der Waals surface area contributed by atoms with Gasteiger partial charge in [0.2, 0.25) is 5.88 Å². The fourth-order valence-electron chi connectivity index (χ4n) is 4.71. The predicted molar refractivity (Wildman–Crippen MR) is 111 cm³/mol. The number of ether oxygens (including phenoxy) is 2. The fraction of sp³-hybridized carbons (Fsp3) is 0.500. The highest BCUT2D eigenvalue weighted by Crippen LogP contribution is 2.42. The number of nitrogens with one attached hydrogen (secondary N) is 1. The maximum Gasteiger partial charge on any atom is 0.354 e. The first-order chi connectivity index (χ1) is 14.7. The van der Waals surface area contributed by atoms with Crippen molar-refractivity contribution in [3.05, 3.63) is 34.3 Å². The van der Waals surface area contributed by atoms with Crippen LogP contribution < -0.4 is 15.2 Å². The van der Waals surface area contributed by atoms with Gasteiger partial charge < -0.3 is 14.8 Å². The Balaban J connectivity index is 1.45. The summed E-state index contributed by atoms with van der Waals surface area (Å²) in [6.45, 7) is 2.54. The van der Waals surface area contributed by atoms with Crippen molar-refractivity contribution in [2.45, 2.75) is 56.1 Å². The number of fused-ring (bicyclic) bond motifs is 3. The van der Waals surface area contributed by atoms with Crippen LogP contribution in [0.2, 0.25) is 0 Å². The number of anilines is 1. The van der Waals surface area contributed by atoms with Gasteiger partial charge in [0.05, 0.1) is 19.3 Å². The van der Waals surface area contributed by atoms with Gasteiger partial charge in [0.15, 0.2) is 15.5 Å². The lowest BCUT2D eigenvalue weighted by Crippen LogP contribution is -2.36. The highest BCUT2D eigenvalue weighted by atomic mass is 32.2. The molecule has 1 aromatic heterocycles. The molecule has 2 aliphatic carbocycles. The van der Waals surface area contributed by atoms with Gasteiger partial charge in [0, 0.05) is 12.8 Å². The van der Waals surface area contributed by atoms with Gasteiger partial charge >= 0.3 is 6.03 Å². The molecule has 0 bridgehead atoms. The molecule has 2 heterocycles. The smallest absolute Gasteiger partial charge is 0.354 e. The van der Waals surface area contributed by atoms with Crippen LogP contribution in [0, 0.1) is 5.82 Å². The van der Waals surface area contributed by atoms with Crippen molar-refractivity contribution in [3.8, 4) is 5.88 Å². The minimum absolute atomic E-state index is 0.0554. The average molecular weight is 450 g/mol. The van der Waals surface area contributed by atoms with Crippen molar-refractivity contribution in [2.75, 3.05) is 19.0 Å². The molecule has 0 fully saturated rings. The Labute approximate surface area is 179 Å². The molecule has 0 saturated heterocycles. The van der Waals surface area contributed by atoms with Gasteiger partial charge in [-0.05, 0) is 61.3 Å². The van der Waals surface area contributed by atoms with Crippen molar-refractivity contribution in [2.24, 2.45) is 9.50 Å². The number of hydrogen-bond donors (Lipinski definition) is 2. The van der Waals surface area contributed by atoms with Crippen LogP contribution in [0.4, 0.5) is 14.9 Å². The molecule has 3 aliphatic rings. The van der Waals surface area contributed by atoms with E-state index in [1.807, 2.05) is 6.92 Å². The fourth-order valence-corrected chi connectivity index (χ4v) is 5.69. The summed E-state index contributed by atoms with van der Waals surface area (Å²) in [7, 11) is -2.06. The normalized spacial score (nSPS) is 22.6. The van der Waals surface area contributed by atoms with E-state index in [4.69, 9.17) is 14.6 Å².